The molecule has 1 aliphatic rings. The van der Waals surface area contributed by atoms with Crippen molar-refractivity contribution in [1.82, 2.24) is 0 Å². The zero-order valence-corrected chi connectivity index (χ0v) is 16.1. The standard InChI is InChI=1S/C17H15BrClNO5/c1-23-14-9-13(12(19)8-11(14)18)20-7-5-4-6-10(16(21)24-2)15(20)17(22)25-3/h4-9H,1-3H3. The molecule has 25 heavy (non-hydrogen) atoms. The zero-order chi connectivity index (χ0) is 18.6. The molecule has 1 heterocycles. The van der Waals surface area contributed by atoms with Crippen molar-refractivity contribution in [2.45, 2.75) is 0 Å². The normalized spacial score (nSPS) is 13.6. The second-order valence-corrected chi connectivity index (χ2v) is 6.02. The summed E-state index contributed by atoms with van der Waals surface area (Å²) < 4.78 is 15.6. The lowest BCUT2D eigenvalue weighted by molar-refractivity contribution is -0.139. The van der Waals surface area contributed by atoms with Crippen molar-refractivity contribution < 1.29 is 23.8 Å². The Morgan fingerprint density at radius 2 is 1.76 bits per heavy atom. The number of rotatable bonds is 4. The van der Waals surface area contributed by atoms with Crippen LogP contribution in [0.2, 0.25) is 5.02 Å². The molecule has 1 aromatic rings. The Morgan fingerprint density at radius 3 is 2.36 bits per heavy atom. The second kappa shape index (κ2) is 8.22. The quantitative estimate of drug-likeness (QED) is 0.683. The molecule has 0 saturated carbocycles. The molecular weight excluding hydrogens is 414 g/mol. The van der Waals surface area contributed by atoms with E-state index in [1.54, 1.807) is 30.5 Å². The molecule has 132 valence electrons. The van der Waals surface area contributed by atoms with Gasteiger partial charge in [-0.3, -0.25) is 0 Å². The van der Waals surface area contributed by atoms with Crippen LogP contribution in [0.1, 0.15) is 0 Å². The van der Waals surface area contributed by atoms with E-state index in [-0.39, 0.29) is 11.3 Å². The molecule has 0 spiro atoms. The van der Waals surface area contributed by atoms with Crippen LogP contribution in [0.4, 0.5) is 5.69 Å². The Kier molecular flexibility index (Phi) is 6.27. The van der Waals surface area contributed by atoms with E-state index in [1.807, 2.05) is 0 Å². The summed E-state index contributed by atoms with van der Waals surface area (Å²) in [5.41, 5.74) is 0.450. The van der Waals surface area contributed by atoms with Crippen molar-refractivity contribution in [2.24, 2.45) is 0 Å². The number of benzene rings is 1. The molecule has 0 unspecified atom stereocenters. The van der Waals surface area contributed by atoms with Gasteiger partial charge in [0.05, 0.1) is 42.1 Å². The maximum absolute atomic E-state index is 12.4. The molecule has 0 atom stereocenters. The van der Waals surface area contributed by atoms with Crippen molar-refractivity contribution in [3.63, 3.8) is 0 Å². The number of carbonyl (C=O) groups excluding carboxylic acids is 2. The summed E-state index contributed by atoms with van der Waals surface area (Å²) in [5, 5.41) is 0.338. The monoisotopic (exact) mass is 427 g/mol. The van der Waals surface area contributed by atoms with Gasteiger partial charge in [-0.05, 0) is 34.1 Å². The van der Waals surface area contributed by atoms with Crippen molar-refractivity contribution in [3.05, 3.63) is 57.3 Å². The Labute approximate surface area is 158 Å². The predicted octanol–water partition coefficient (Wildman–Crippen LogP) is 3.60. The van der Waals surface area contributed by atoms with Gasteiger partial charge >= 0.3 is 11.9 Å². The molecule has 8 heteroatoms. The Morgan fingerprint density at radius 1 is 1.08 bits per heavy atom. The summed E-state index contributed by atoms with van der Waals surface area (Å²) in [5.74, 6) is -0.881. The van der Waals surface area contributed by atoms with Crippen LogP contribution >= 0.6 is 27.5 Å². The fourth-order valence-corrected chi connectivity index (χ4v) is 3.10. The van der Waals surface area contributed by atoms with Gasteiger partial charge in [0.25, 0.3) is 0 Å². The maximum Gasteiger partial charge on any atom is 0.355 e. The van der Waals surface area contributed by atoms with E-state index in [2.05, 4.69) is 15.9 Å². The number of ether oxygens (including phenoxy) is 3. The van der Waals surface area contributed by atoms with E-state index in [1.165, 1.54) is 32.3 Å². The fraction of sp³-hybridized carbons (Fsp3) is 0.176. The summed E-state index contributed by atoms with van der Waals surface area (Å²) >= 11 is 9.70. The minimum Gasteiger partial charge on any atom is -0.495 e. The second-order valence-electron chi connectivity index (χ2n) is 4.75. The first-order valence-electron chi connectivity index (χ1n) is 7.02. The number of hydrogen-bond acceptors (Lipinski definition) is 6. The van der Waals surface area contributed by atoms with E-state index >= 15 is 0 Å². The van der Waals surface area contributed by atoms with Gasteiger partial charge in [-0.1, -0.05) is 17.7 Å². The topological polar surface area (TPSA) is 65.1 Å². The fourth-order valence-electron chi connectivity index (χ4n) is 2.21. The van der Waals surface area contributed by atoms with Crippen LogP contribution in [0.3, 0.4) is 0 Å². The lowest BCUT2D eigenvalue weighted by Gasteiger charge is -2.24. The van der Waals surface area contributed by atoms with Gasteiger partial charge in [0, 0.05) is 12.3 Å². The van der Waals surface area contributed by atoms with Crippen molar-refractivity contribution in [1.29, 1.82) is 0 Å². The summed E-state index contributed by atoms with van der Waals surface area (Å²) in [6, 6.07) is 3.27. The first-order valence-corrected chi connectivity index (χ1v) is 8.19. The highest BCUT2D eigenvalue weighted by Gasteiger charge is 2.29. The summed E-state index contributed by atoms with van der Waals surface area (Å²) in [7, 11) is 3.97. The maximum atomic E-state index is 12.4. The number of anilines is 1. The van der Waals surface area contributed by atoms with Gasteiger partial charge in [0.2, 0.25) is 0 Å². The van der Waals surface area contributed by atoms with Gasteiger partial charge in [0.15, 0.2) is 0 Å². The Balaban J connectivity index is 2.73. The number of methoxy groups -OCH3 is 3. The first kappa shape index (κ1) is 19.1. The van der Waals surface area contributed by atoms with Crippen LogP contribution in [0, 0.1) is 0 Å². The van der Waals surface area contributed by atoms with Crippen molar-refractivity contribution in [2.75, 3.05) is 26.2 Å². The number of hydrogen-bond donors (Lipinski definition) is 0. The SMILES string of the molecule is COC(=O)C1=C(C(=O)OC)N(c2cc(OC)c(Br)cc2Cl)C=CC=C1. The molecule has 2 rings (SSSR count). The molecule has 1 aromatic carbocycles. The first-order chi connectivity index (χ1) is 11.9. The summed E-state index contributed by atoms with van der Waals surface area (Å²) in [4.78, 5) is 26.0. The summed E-state index contributed by atoms with van der Waals surface area (Å²) in [6.45, 7) is 0. The van der Waals surface area contributed by atoms with Gasteiger partial charge in [-0.2, -0.15) is 0 Å². The van der Waals surface area contributed by atoms with Crippen LogP contribution in [-0.2, 0) is 19.1 Å². The van der Waals surface area contributed by atoms with Gasteiger partial charge in [0.1, 0.15) is 11.4 Å². The van der Waals surface area contributed by atoms with E-state index in [0.717, 1.165) is 0 Å². The number of allylic oxidation sites excluding steroid dienone is 2. The van der Waals surface area contributed by atoms with E-state index in [0.29, 0.717) is 20.9 Å². The summed E-state index contributed by atoms with van der Waals surface area (Å²) in [6.07, 6.45) is 6.33. The smallest absolute Gasteiger partial charge is 0.355 e. The molecule has 0 N–H and O–H groups in total. The molecule has 1 aliphatic heterocycles. The number of halogens is 2. The zero-order valence-electron chi connectivity index (χ0n) is 13.7. The third kappa shape index (κ3) is 3.88. The lowest BCUT2D eigenvalue weighted by Crippen LogP contribution is -2.27. The third-order valence-electron chi connectivity index (χ3n) is 3.37. The van der Waals surface area contributed by atoms with E-state index in [4.69, 9.17) is 25.8 Å². The number of nitrogens with zero attached hydrogens (tertiary/aromatic N) is 1. The molecule has 0 amide bonds. The van der Waals surface area contributed by atoms with E-state index < -0.39 is 11.9 Å². The van der Waals surface area contributed by atoms with Crippen LogP contribution in [0.25, 0.3) is 0 Å². The predicted molar refractivity (Wildman–Crippen MR) is 97.5 cm³/mol. The molecule has 0 saturated heterocycles. The Hall–Kier alpha value is -2.25. The van der Waals surface area contributed by atoms with Crippen LogP contribution in [-0.4, -0.2) is 33.3 Å². The minimum absolute atomic E-state index is 0.0226. The third-order valence-corrected chi connectivity index (χ3v) is 4.29. The van der Waals surface area contributed by atoms with Crippen LogP contribution in [0.15, 0.2) is 52.3 Å². The highest BCUT2D eigenvalue weighted by Crippen LogP contribution is 2.39. The number of esters is 2. The average Bonchev–Trinajstić information content (AvgIpc) is 2.83. The molecule has 0 fully saturated rings. The van der Waals surface area contributed by atoms with Gasteiger partial charge < -0.3 is 19.1 Å². The van der Waals surface area contributed by atoms with E-state index in [9.17, 15) is 9.59 Å². The average molecular weight is 429 g/mol. The number of carbonyl (C=O) groups is 2. The molecule has 0 aliphatic carbocycles. The van der Waals surface area contributed by atoms with Gasteiger partial charge in [-0.25, -0.2) is 9.59 Å². The highest BCUT2D eigenvalue weighted by atomic mass is 79.9. The largest absolute Gasteiger partial charge is 0.495 e. The molecule has 0 radical (unpaired) electrons. The lowest BCUT2D eigenvalue weighted by atomic mass is 10.1. The Bertz CT molecular complexity index is 800. The molecule has 0 aromatic heterocycles. The molecule has 6 nitrogen and oxygen atoms in total. The van der Waals surface area contributed by atoms with Crippen molar-refractivity contribution in [3.8, 4) is 5.75 Å². The molecular formula is C17H15BrClNO5. The molecule has 0 bridgehead atoms. The van der Waals surface area contributed by atoms with Crippen LogP contribution < -0.4 is 9.64 Å². The van der Waals surface area contributed by atoms with Crippen molar-refractivity contribution >= 4 is 45.2 Å². The van der Waals surface area contributed by atoms with Gasteiger partial charge in [-0.15, -0.1) is 0 Å². The van der Waals surface area contributed by atoms with Crippen LogP contribution in [0.5, 0.6) is 5.75 Å². The highest BCUT2D eigenvalue weighted by molar-refractivity contribution is 9.10. The minimum atomic E-state index is -0.713.